The van der Waals surface area contributed by atoms with Gasteiger partial charge in [-0.05, 0) is 24.8 Å². The zero-order chi connectivity index (χ0) is 13.0. The van der Waals surface area contributed by atoms with E-state index in [1.807, 2.05) is 27.7 Å². The van der Waals surface area contributed by atoms with Crippen LogP contribution in [-0.2, 0) is 11.2 Å². The van der Waals surface area contributed by atoms with Crippen molar-refractivity contribution in [3.8, 4) is 6.07 Å². The Kier molecular flexibility index (Phi) is 4.71. The van der Waals surface area contributed by atoms with E-state index in [1.54, 1.807) is 0 Å². The molecule has 1 amide bonds. The minimum Gasteiger partial charge on any atom is -0.317 e. The first-order valence-corrected chi connectivity index (χ1v) is 6.63. The Bertz CT molecular complexity index is 455. The molecule has 0 radical (unpaired) electrons. The molecular formula is C13H18N2OS. The zero-order valence-corrected chi connectivity index (χ0v) is 11.6. The van der Waals surface area contributed by atoms with E-state index in [2.05, 4.69) is 11.4 Å². The molecule has 0 saturated heterocycles. The van der Waals surface area contributed by atoms with Crippen LogP contribution in [0.25, 0.3) is 0 Å². The second-order valence-corrected chi connectivity index (χ2v) is 5.68. The molecule has 3 nitrogen and oxygen atoms in total. The molecule has 0 bridgehead atoms. The summed E-state index contributed by atoms with van der Waals surface area (Å²) in [6.07, 6.45) is 1.31. The molecule has 0 aliphatic heterocycles. The second-order valence-electron chi connectivity index (χ2n) is 4.45. The standard InChI is InChI=1S/C13H18N2OS/c1-5-10-9(4)17-13(11(10)7-14)15-12(16)6-8(2)3/h8H,5-6H2,1-4H3,(H,15,16). The van der Waals surface area contributed by atoms with E-state index < -0.39 is 0 Å². The molecule has 0 spiro atoms. The van der Waals surface area contributed by atoms with Crippen LogP contribution in [-0.4, -0.2) is 5.91 Å². The number of carbonyl (C=O) groups excluding carboxylic acids is 1. The summed E-state index contributed by atoms with van der Waals surface area (Å²) in [7, 11) is 0. The molecule has 0 unspecified atom stereocenters. The molecular weight excluding hydrogens is 232 g/mol. The maximum Gasteiger partial charge on any atom is 0.225 e. The van der Waals surface area contributed by atoms with Gasteiger partial charge in [-0.25, -0.2) is 0 Å². The van der Waals surface area contributed by atoms with E-state index in [4.69, 9.17) is 5.26 Å². The van der Waals surface area contributed by atoms with Crippen molar-refractivity contribution in [2.24, 2.45) is 5.92 Å². The summed E-state index contributed by atoms with van der Waals surface area (Å²) in [5.74, 6) is 0.313. The highest BCUT2D eigenvalue weighted by Crippen LogP contribution is 2.32. The second kappa shape index (κ2) is 5.83. The number of rotatable bonds is 4. The van der Waals surface area contributed by atoms with Crippen LogP contribution in [0.3, 0.4) is 0 Å². The third-order valence-corrected chi connectivity index (χ3v) is 3.58. The molecule has 0 fully saturated rings. The number of hydrogen-bond acceptors (Lipinski definition) is 3. The summed E-state index contributed by atoms with van der Waals surface area (Å²) in [5, 5.41) is 12.7. The van der Waals surface area contributed by atoms with Gasteiger partial charge in [0.05, 0.1) is 5.56 Å². The van der Waals surface area contributed by atoms with Crippen LogP contribution in [0.1, 0.15) is 43.2 Å². The minimum atomic E-state index is -0.0135. The van der Waals surface area contributed by atoms with Crippen LogP contribution in [0, 0.1) is 24.2 Å². The normalized spacial score (nSPS) is 10.4. The summed E-state index contributed by atoms with van der Waals surface area (Å²) >= 11 is 1.49. The predicted molar refractivity (Wildman–Crippen MR) is 71.2 cm³/mol. The molecule has 0 aliphatic carbocycles. The first-order chi connectivity index (χ1) is 7.99. The quantitative estimate of drug-likeness (QED) is 0.889. The Hall–Kier alpha value is -1.34. The van der Waals surface area contributed by atoms with Gasteiger partial charge in [-0.1, -0.05) is 20.8 Å². The van der Waals surface area contributed by atoms with Crippen molar-refractivity contribution >= 4 is 22.2 Å². The monoisotopic (exact) mass is 250 g/mol. The summed E-state index contributed by atoms with van der Waals surface area (Å²) in [4.78, 5) is 12.8. The highest BCUT2D eigenvalue weighted by Gasteiger charge is 2.16. The fourth-order valence-corrected chi connectivity index (χ4v) is 2.87. The Labute approximate surface area is 106 Å². The summed E-state index contributed by atoms with van der Waals surface area (Å²) in [5.41, 5.74) is 1.68. The summed E-state index contributed by atoms with van der Waals surface area (Å²) in [6.45, 7) is 8.02. The van der Waals surface area contributed by atoms with Gasteiger partial charge in [0.25, 0.3) is 0 Å². The fraction of sp³-hybridized carbons (Fsp3) is 0.538. The van der Waals surface area contributed by atoms with Gasteiger partial charge in [0.1, 0.15) is 11.1 Å². The van der Waals surface area contributed by atoms with Crippen LogP contribution in [0.2, 0.25) is 0 Å². The highest BCUT2D eigenvalue weighted by molar-refractivity contribution is 7.16. The van der Waals surface area contributed by atoms with Gasteiger partial charge in [0.2, 0.25) is 5.91 Å². The van der Waals surface area contributed by atoms with Gasteiger partial charge >= 0.3 is 0 Å². The van der Waals surface area contributed by atoms with Crippen LogP contribution in [0.4, 0.5) is 5.00 Å². The average molecular weight is 250 g/mol. The molecule has 1 rings (SSSR count). The van der Waals surface area contributed by atoms with Crippen LogP contribution in [0.15, 0.2) is 0 Å². The summed E-state index contributed by atoms with van der Waals surface area (Å²) < 4.78 is 0. The Balaban J connectivity index is 2.92. The number of nitrogens with zero attached hydrogens (tertiary/aromatic N) is 1. The van der Waals surface area contributed by atoms with Gasteiger partial charge in [0.15, 0.2) is 0 Å². The molecule has 0 aromatic carbocycles. The van der Waals surface area contributed by atoms with Gasteiger partial charge in [-0.3, -0.25) is 4.79 Å². The van der Waals surface area contributed by atoms with Crippen molar-refractivity contribution in [3.63, 3.8) is 0 Å². The van der Waals surface area contributed by atoms with E-state index in [1.165, 1.54) is 11.3 Å². The van der Waals surface area contributed by atoms with Gasteiger partial charge in [0, 0.05) is 11.3 Å². The fourth-order valence-electron chi connectivity index (χ4n) is 1.76. The topological polar surface area (TPSA) is 52.9 Å². The molecule has 0 aliphatic rings. The summed E-state index contributed by atoms with van der Waals surface area (Å²) in [6, 6.07) is 2.19. The molecule has 1 aromatic rings. The van der Waals surface area contributed by atoms with E-state index in [0.29, 0.717) is 22.9 Å². The molecule has 4 heteroatoms. The predicted octanol–water partition coefficient (Wildman–Crippen LogP) is 3.48. The van der Waals surface area contributed by atoms with Gasteiger partial charge in [-0.2, -0.15) is 5.26 Å². The lowest BCUT2D eigenvalue weighted by molar-refractivity contribution is -0.116. The smallest absolute Gasteiger partial charge is 0.225 e. The number of hydrogen-bond donors (Lipinski definition) is 1. The SMILES string of the molecule is CCc1c(C)sc(NC(=O)CC(C)C)c1C#N. The van der Waals surface area contributed by atoms with Crippen LogP contribution >= 0.6 is 11.3 Å². The minimum absolute atomic E-state index is 0.0135. The number of nitrogens with one attached hydrogen (secondary N) is 1. The van der Waals surface area contributed by atoms with Gasteiger partial charge in [-0.15, -0.1) is 11.3 Å². The van der Waals surface area contributed by atoms with Crippen molar-refractivity contribution in [3.05, 3.63) is 16.0 Å². The largest absolute Gasteiger partial charge is 0.317 e. The number of thiophene rings is 1. The third kappa shape index (κ3) is 3.31. The van der Waals surface area contributed by atoms with E-state index in [9.17, 15) is 4.79 Å². The molecule has 0 saturated carbocycles. The number of aryl methyl sites for hydroxylation is 1. The van der Waals surface area contributed by atoms with Crippen LogP contribution < -0.4 is 5.32 Å². The highest BCUT2D eigenvalue weighted by atomic mass is 32.1. The van der Waals surface area contributed by atoms with Crippen molar-refractivity contribution in [2.45, 2.75) is 40.5 Å². The number of nitriles is 1. The molecule has 17 heavy (non-hydrogen) atoms. The maximum absolute atomic E-state index is 11.7. The zero-order valence-electron chi connectivity index (χ0n) is 10.8. The molecule has 1 aromatic heterocycles. The lowest BCUT2D eigenvalue weighted by Crippen LogP contribution is -2.13. The number of carbonyl (C=O) groups is 1. The first kappa shape index (κ1) is 13.7. The van der Waals surface area contributed by atoms with Crippen molar-refractivity contribution < 1.29 is 4.79 Å². The van der Waals surface area contributed by atoms with Gasteiger partial charge < -0.3 is 5.32 Å². The lowest BCUT2D eigenvalue weighted by Gasteiger charge is -2.05. The van der Waals surface area contributed by atoms with Crippen molar-refractivity contribution in [1.29, 1.82) is 5.26 Å². The van der Waals surface area contributed by atoms with Crippen LogP contribution in [0.5, 0.6) is 0 Å². The molecule has 92 valence electrons. The lowest BCUT2D eigenvalue weighted by atomic mass is 10.1. The molecule has 1 heterocycles. The van der Waals surface area contributed by atoms with E-state index >= 15 is 0 Å². The Morgan fingerprint density at radius 2 is 2.18 bits per heavy atom. The number of anilines is 1. The maximum atomic E-state index is 11.7. The number of amides is 1. The van der Waals surface area contributed by atoms with Crippen molar-refractivity contribution in [2.75, 3.05) is 5.32 Å². The Morgan fingerprint density at radius 1 is 1.53 bits per heavy atom. The average Bonchev–Trinajstić information content (AvgIpc) is 2.51. The third-order valence-electron chi connectivity index (χ3n) is 2.52. The van der Waals surface area contributed by atoms with E-state index in [0.717, 1.165) is 16.9 Å². The molecule has 0 atom stereocenters. The first-order valence-electron chi connectivity index (χ1n) is 5.81. The van der Waals surface area contributed by atoms with E-state index in [-0.39, 0.29) is 5.91 Å². The van der Waals surface area contributed by atoms with Crippen molar-refractivity contribution in [1.82, 2.24) is 0 Å². The Morgan fingerprint density at radius 3 is 2.65 bits per heavy atom. The molecule has 1 N–H and O–H groups in total.